The molecule has 5 heteroatoms. The van der Waals surface area contributed by atoms with Crippen LogP contribution in [0, 0.1) is 0 Å². The van der Waals surface area contributed by atoms with Crippen molar-refractivity contribution in [3.05, 3.63) is 60.6 Å². The van der Waals surface area contributed by atoms with E-state index in [2.05, 4.69) is 25.5 Å². The van der Waals surface area contributed by atoms with E-state index in [-0.39, 0.29) is 0 Å². The first kappa shape index (κ1) is 11.8. The number of fused-ring (bicyclic) bond motifs is 2. The van der Waals surface area contributed by atoms with Gasteiger partial charge in [-0.05, 0) is 30.3 Å². The third kappa shape index (κ3) is 2.29. The second kappa shape index (κ2) is 4.86. The molecule has 0 bridgehead atoms. The Hall–Kier alpha value is -2.95. The first-order valence-electron chi connectivity index (χ1n) is 6.76. The first-order chi connectivity index (χ1) is 10.4. The minimum atomic E-state index is 0.636. The molecule has 0 spiro atoms. The van der Waals surface area contributed by atoms with E-state index in [1.54, 1.807) is 0 Å². The van der Waals surface area contributed by atoms with Crippen molar-refractivity contribution in [2.75, 3.05) is 5.32 Å². The summed E-state index contributed by atoms with van der Waals surface area (Å²) in [5, 5.41) is 11.4. The highest BCUT2D eigenvalue weighted by molar-refractivity contribution is 5.81. The van der Waals surface area contributed by atoms with Gasteiger partial charge in [-0.2, -0.15) is 5.10 Å². The van der Waals surface area contributed by atoms with Crippen molar-refractivity contribution >= 4 is 27.6 Å². The monoisotopic (exact) mass is 275 g/mol. The number of hydrogen-bond donors (Lipinski definition) is 2. The lowest BCUT2D eigenvalue weighted by Gasteiger charge is -2.06. The molecule has 5 nitrogen and oxygen atoms in total. The molecule has 0 aliphatic heterocycles. The van der Waals surface area contributed by atoms with Crippen molar-refractivity contribution in [2.45, 2.75) is 6.54 Å². The summed E-state index contributed by atoms with van der Waals surface area (Å²) in [6.45, 7) is 0.636. The van der Waals surface area contributed by atoms with Crippen molar-refractivity contribution in [1.29, 1.82) is 0 Å². The first-order valence-corrected chi connectivity index (χ1v) is 6.76. The maximum Gasteiger partial charge on any atom is 0.0890 e. The molecule has 0 fully saturated rings. The average Bonchev–Trinajstić information content (AvgIpc) is 3.00. The fourth-order valence-electron chi connectivity index (χ4n) is 2.32. The molecule has 2 aromatic carbocycles. The van der Waals surface area contributed by atoms with Crippen LogP contribution >= 0.6 is 0 Å². The number of aromatic amines is 1. The lowest BCUT2D eigenvalue weighted by molar-refractivity contribution is 1.04. The molecule has 4 rings (SSSR count). The van der Waals surface area contributed by atoms with Gasteiger partial charge in [0.15, 0.2) is 0 Å². The molecule has 0 aliphatic rings. The second-order valence-electron chi connectivity index (χ2n) is 4.88. The third-order valence-electron chi connectivity index (χ3n) is 3.41. The molecule has 0 atom stereocenters. The molecule has 21 heavy (non-hydrogen) atoms. The summed E-state index contributed by atoms with van der Waals surface area (Å²) >= 11 is 0. The summed E-state index contributed by atoms with van der Waals surface area (Å²) < 4.78 is 0. The van der Waals surface area contributed by atoms with Gasteiger partial charge in [0.25, 0.3) is 0 Å². The van der Waals surface area contributed by atoms with Gasteiger partial charge in [0, 0.05) is 11.1 Å². The van der Waals surface area contributed by atoms with Crippen molar-refractivity contribution in [3.63, 3.8) is 0 Å². The van der Waals surface area contributed by atoms with Crippen molar-refractivity contribution in [3.8, 4) is 0 Å². The van der Waals surface area contributed by atoms with Crippen LogP contribution in [0.3, 0.4) is 0 Å². The quantitative estimate of drug-likeness (QED) is 0.603. The highest BCUT2D eigenvalue weighted by atomic mass is 15.1. The maximum atomic E-state index is 4.60. The molecule has 0 aliphatic carbocycles. The van der Waals surface area contributed by atoms with Crippen LogP contribution in [0.25, 0.3) is 21.9 Å². The van der Waals surface area contributed by atoms with Gasteiger partial charge in [-0.25, -0.2) is 4.98 Å². The van der Waals surface area contributed by atoms with E-state index in [0.717, 1.165) is 33.3 Å². The van der Waals surface area contributed by atoms with Gasteiger partial charge in [0.2, 0.25) is 0 Å². The molecule has 2 aromatic heterocycles. The van der Waals surface area contributed by atoms with Gasteiger partial charge in [0.05, 0.1) is 41.2 Å². The Bertz CT molecular complexity index is 912. The molecule has 0 amide bonds. The Kier molecular flexibility index (Phi) is 2.74. The number of nitrogens with zero attached hydrogens (tertiary/aromatic N) is 3. The fraction of sp³-hybridized carbons (Fsp3) is 0.0625. The molecule has 0 radical (unpaired) electrons. The zero-order valence-electron chi connectivity index (χ0n) is 11.2. The van der Waals surface area contributed by atoms with E-state index in [0.29, 0.717) is 6.54 Å². The van der Waals surface area contributed by atoms with Gasteiger partial charge in [0.1, 0.15) is 0 Å². The second-order valence-corrected chi connectivity index (χ2v) is 4.88. The van der Waals surface area contributed by atoms with Gasteiger partial charge < -0.3 is 5.32 Å². The molecule has 0 unspecified atom stereocenters. The Morgan fingerprint density at radius 3 is 2.86 bits per heavy atom. The van der Waals surface area contributed by atoms with E-state index in [4.69, 9.17) is 0 Å². The molecular weight excluding hydrogens is 262 g/mol. The van der Waals surface area contributed by atoms with Crippen LogP contribution in [0.1, 0.15) is 5.69 Å². The Morgan fingerprint density at radius 2 is 1.90 bits per heavy atom. The third-order valence-corrected chi connectivity index (χ3v) is 3.41. The van der Waals surface area contributed by atoms with Crippen LogP contribution in [0.2, 0.25) is 0 Å². The highest BCUT2D eigenvalue weighted by Crippen LogP contribution is 2.17. The van der Waals surface area contributed by atoms with Crippen LogP contribution in [-0.4, -0.2) is 20.2 Å². The molecule has 2 N–H and O–H groups in total. The van der Waals surface area contributed by atoms with Gasteiger partial charge in [-0.15, -0.1) is 0 Å². The summed E-state index contributed by atoms with van der Waals surface area (Å²) in [5.41, 5.74) is 4.80. The Balaban J connectivity index is 1.56. The normalized spacial score (nSPS) is 11.0. The van der Waals surface area contributed by atoms with Crippen LogP contribution < -0.4 is 5.32 Å². The fourth-order valence-corrected chi connectivity index (χ4v) is 2.32. The van der Waals surface area contributed by atoms with Crippen LogP contribution in [0.5, 0.6) is 0 Å². The average molecular weight is 275 g/mol. The predicted octanol–water partition coefficient (Wildman–Crippen LogP) is 3.12. The van der Waals surface area contributed by atoms with E-state index in [9.17, 15) is 0 Å². The SMILES string of the molecule is c1ccc2nc(CNc3ccc4cn[nH]c4c3)cnc2c1. The van der Waals surface area contributed by atoms with Crippen LogP contribution in [0.15, 0.2) is 54.9 Å². The Labute approximate surface area is 121 Å². The zero-order chi connectivity index (χ0) is 14.1. The van der Waals surface area contributed by atoms with E-state index >= 15 is 0 Å². The van der Waals surface area contributed by atoms with Gasteiger partial charge in [-0.3, -0.25) is 10.1 Å². The lowest BCUT2D eigenvalue weighted by atomic mass is 10.2. The van der Waals surface area contributed by atoms with Gasteiger partial charge >= 0.3 is 0 Å². The van der Waals surface area contributed by atoms with Crippen molar-refractivity contribution in [1.82, 2.24) is 20.2 Å². The van der Waals surface area contributed by atoms with E-state index in [1.165, 1.54) is 0 Å². The molecule has 0 saturated carbocycles. The predicted molar refractivity (Wildman–Crippen MR) is 83.0 cm³/mol. The lowest BCUT2D eigenvalue weighted by Crippen LogP contribution is -2.02. The largest absolute Gasteiger partial charge is 0.379 e. The summed E-state index contributed by atoms with van der Waals surface area (Å²) in [7, 11) is 0. The van der Waals surface area contributed by atoms with Crippen LogP contribution in [-0.2, 0) is 6.54 Å². The summed E-state index contributed by atoms with van der Waals surface area (Å²) in [5.74, 6) is 0. The van der Waals surface area contributed by atoms with Crippen molar-refractivity contribution < 1.29 is 0 Å². The van der Waals surface area contributed by atoms with E-state index in [1.807, 2.05) is 54.9 Å². The summed E-state index contributed by atoms with van der Waals surface area (Å²) in [4.78, 5) is 9.01. The number of nitrogens with one attached hydrogen (secondary N) is 2. The molecule has 4 aromatic rings. The number of benzene rings is 2. The highest BCUT2D eigenvalue weighted by Gasteiger charge is 2.01. The number of aromatic nitrogens is 4. The molecule has 2 heterocycles. The Morgan fingerprint density at radius 1 is 1.00 bits per heavy atom. The number of hydrogen-bond acceptors (Lipinski definition) is 4. The number of anilines is 1. The zero-order valence-corrected chi connectivity index (χ0v) is 11.2. The number of rotatable bonds is 3. The summed E-state index contributed by atoms with van der Waals surface area (Å²) in [6.07, 6.45) is 3.62. The minimum Gasteiger partial charge on any atom is -0.379 e. The summed E-state index contributed by atoms with van der Waals surface area (Å²) in [6, 6.07) is 14.0. The van der Waals surface area contributed by atoms with Crippen LogP contribution in [0.4, 0.5) is 5.69 Å². The molecule has 0 saturated heterocycles. The maximum absolute atomic E-state index is 4.60. The molecule has 102 valence electrons. The standard InChI is InChI=1S/C16H13N5/c1-2-4-15-14(3-1)18-10-13(20-15)9-17-12-6-5-11-8-19-21-16(11)7-12/h1-8,10,17H,9H2,(H,19,21). The van der Waals surface area contributed by atoms with E-state index < -0.39 is 0 Å². The molecular formula is C16H13N5. The van der Waals surface area contributed by atoms with Gasteiger partial charge in [-0.1, -0.05) is 12.1 Å². The minimum absolute atomic E-state index is 0.636. The smallest absolute Gasteiger partial charge is 0.0890 e. The number of H-pyrrole nitrogens is 1. The number of para-hydroxylation sites is 2. The van der Waals surface area contributed by atoms with Crippen molar-refractivity contribution in [2.24, 2.45) is 0 Å². The topological polar surface area (TPSA) is 66.5 Å².